The summed E-state index contributed by atoms with van der Waals surface area (Å²) in [5.74, 6) is 0.0824. The van der Waals surface area contributed by atoms with E-state index in [2.05, 4.69) is 21.2 Å². The molecule has 1 N–H and O–H groups in total. The van der Waals surface area contributed by atoms with E-state index in [9.17, 15) is 14.9 Å². The lowest BCUT2D eigenvalue weighted by Gasteiger charge is -2.13. The number of carbonyl (C=O) groups is 1. The van der Waals surface area contributed by atoms with Crippen molar-refractivity contribution in [1.29, 1.82) is 5.26 Å². The minimum atomic E-state index is -0.547. The van der Waals surface area contributed by atoms with Gasteiger partial charge in [0, 0.05) is 10.0 Å². The van der Waals surface area contributed by atoms with Crippen LogP contribution in [0.15, 0.2) is 88.1 Å². The predicted molar refractivity (Wildman–Crippen MR) is 150 cm³/mol. The fourth-order valence-electron chi connectivity index (χ4n) is 3.81. The van der Waals surface area contributed by atoms with Gasteiger partial charge in [-0.1, -0.05) is 64.5 Å². The summed E-state index contributed by atoms with van der Waals surface area (Å²) >= 11 is 4.57. The van der Waals surface area contributed by atoms with Crippen LogP contribution in [0.5, 0.6) is 5.75 Å². The van der Waals surface area contributed by atoms with Crippen LogP contribution in [0, 0.1) is 11.3 Å². The molecule has 0 spiro atoms. The summed E-state index contributed by atoms with van der Waals surface area (Å²) < 4.78 is 8.62. The SMILES string of the molecule is CCOc1ccc(Br)cc1/C=c1/s/c(=C(\C#N)C(=O)N[C@@H](C)c2ccccc2)n(-c2ccccc2)c1=O. The van der Waals surface area contributed by atoms with Gasteiger partial charge in [-0.05, 0) is 55.8 Å². The van der Waals surface area contributed by atoms with Gasteiger partial charge in [-0.15, -0.1) is 11.3 Å². The molecule has 1 atom stereocenters. The van der Waals surface area contributed by atoms with E-state index in [4.69, 9.17) is 4.74 Å². The zero-order valence-corrected chi connectivity index (χ0v) is 22.7. The number of hydrogen-bond donors (Lipinski definition) is 1. The first-order valence-electron chi connectivity index (χ1n) is 11.6. The summed E-state index contributed by atoms with van der Waals surface area (Å²) in [5.41, 5.74) is 1.72. The van der Waals surface area contributed by atoms with Gasteiger partial charge in [0.1, 0.15) is 16.5 Å². The third kappa shape index (κ3) is 5.91. The van der Waals surface area contributed by atoms with E-state index < -0.39 is 5.91 Å². The molecular weight excluding hydrogens is 550 g/mol. The number of rotatable bonds is 7. The molecule has 0 aliphatic carbocycles. The summed E-state index contributed by atoms with van der Waals surface area (Å²) in [4.78, 5) is 27.0. The van der Waals surface area contributed by atoms with Crippen molar-refractivity contribution in [3.05, 3.63) is 114 Å². The number of nitrogens with zero attached hydrogens (tertiary/aromatic N) is 2. The van der Waals surface area contributed by atoms with Crippen molar-refractivity contribution in [3.63, 3.8) is 0 Å². The van der Waals surface area contributed by atoms with Gasteiger partial charge in [-0.25, -0.2) is 0 Å². The van der Waals surface area contributed by atoms with Gasteiger partial charge in [0.15, 0.2) is 5.57 Å². The third-order valence-electron chi connectivity index (χ3n) is 5.60. The average Bonchev–Trinajstić information content (AvgIpc) is 3.22. The second kappa shape index (κ2) is 11.9. The number of ether oxygens (including phenoxy) is 1. The number of nitrogens with one attached hydrogen (secondary N) is 1. The highest BCUT2D eigenvalue weighted by Crippen LogP contribution is 2.24. The molecule has 4 rings (SSSR count). The lowest BCUT2D eigenvalue weighted by molar-refractivity contribution is -0.116. The lowest BCUT2D eigenvalue weighted by Crippen LogP contribution is -2.34. The van der Waals surface area contributed by atoms with E-state index in [1.807, 2.05) is 74.5 Å². The Hall–Kier alpha value is -3.93. The number of carbonyl (C=O) groups excluding carboxylic acids is 1. The molecule has 8 heteroatoms. The van der Waals surface area contributed by atoms with Crippen molar-refractivity contribution in [1.82, 2.24) is 9.88 Å². The monoisotopic (exact) mass is 573 g/mol. The maximum atomic E-state index is 13.7. The van der Waals surface area contributed by atoms with Crippen molar-refractivity contribution in [2.75, 3.05) is 6.61 Å². The first-order chi connectivity index (χ1) is 17.9. The second-order valence-electron chi connectivity index (χ2n) is 8.10. The number of nitriles is 1. The molecule has 4 aromatic rings. The maximum absolute atomic E-state index is 13.7. The van der Waals surface area contributed by atoms with Crippen LogP contribution in [-0.4, -0.2) is 17.1 Å². The molecule has 0 saturated heterocycles. The fraction of sp³-hybridized carbons (Fsp3) is 0.138. The summed E-state index contributed by atoms with van der Waals surface area (Å²) in [5, 5.41) is 12.9. The van der Waals surface area contributed by atoms with Gasteiger partial charge in [0.2, 0.25) is 0 Å². The van der Waals surface area contributed by atoms with Crippen LogP contribution < -0.4 is 24.8 Å². The molecule has 3 aromatic carbocycles. The Kier molecular flexibility index (Phi) is 8.39. The largest absolute Gasteiger partial charge is 0.493 e. The van der Waals surface area contributed by atoms with Crippen LogP contribution >= 0.6 is 27.3 Å². The van der Waals surface area contributed by atoms with Crippen LogP contribution in [0.2, 0.25) is 0 Å². The summed E-state index contributed by atoms with van der Waals surface area (Å²) in [6, 6.07) is 25.7. The van der Waals surface area contributed by atoms with Crippen molar-refractivity contribution in [2.24, 2.45) is 0 Å². The molecule has 0 aliphatic rings. The van der Waals surface area contributed by atoms with E-state index >= 15 is 0 Å². The maximum Gasteiger partial charge on any atom is 0.273 e. The lowest BCUT2D eigenvalue weighted by atomic mass is 10.1. The highest BCUT2D eigenvalue weighted by Gasteiger charge is 2.19. The van der Waals surface area contributed by atoms with Crippen molar-refractivity contribution in [2.45, 2.75) is 19.9 Å². The van der Waals surface area contributed by atoms with Gasteiger partial charge < -0.3 is 10.1 Å². The molecule has 0 unspecified atom stereocenters. The van der Waals surface area contributed by atoms with Gasteiger partial charge >= 0.3 is 0 Å². The average molecular weight is 575 g/mol. The minimum Gasteiger partial charge on any atom is -0.493 e. The normalized spacial score (nSPS) is 13.0. The number of halogens is 1. The molecule has 6 nitrogen and oxygen atoms in total. The first-order valence-corrected chi connectivity index (χ1v) is 13.3. The van der Waals surface area contributed by atoms with E-state index in [1.165, 1.54) is 4.57 Å². The smallest absolute Gasteiger partial charge is 0.273 e. The highest BCUT2D eigenvalue weighted by atomic mass is 79.9. The van der Waals surface area contributed by atoms with Crippen molar-refractivity contribution < 1.29 is 9.53 Å². The first kappa shape index (κ1) is 26.1. The summed E-state index contributed by atoms with van der Waals surface area (Å²) in [6.45, 7) is 4.21. The molecule has 0 aliphatic heterocycles. The Morgan fingerprint density at radius 3 is 2.46 bits per heavy atom. The number of amides is 1. The Bertz CT molecular complexity index is 1640. The molecule has 1 amide bonds. The van der Waals surface area contributed by atoms with Gasteiger partial charge in [0.05, 0.1) is 22.9 Å². The molecule has 0 saturated carbocycles. The fourth-order valence-corrected chi connectivity index (χ4v) is 5.28. The Balaban J connectivity index is 1.93. The van der Waals surface area contributed by atoms with E-state index in [0.29, 0.717) is 28.1 Å². The predicted octanol–water partition coefficient (Wildman–Crippen LogP) is 4.44. The minimum absolute atomic E-state index is 0.132. The summed E-state index contributed by atoms with van der Waals surface area (Å²) in [7, 11) is 0. The number of benzene rings is 3. The molecule has 186 valence electrons. The van der Waals surface area contributed by atoms with Crippen molar-refractivity contribution >= 4 is 44.8 Å². The van der Waals surface area contributed by atoms with Crippen LogP contribution in [0.4, 0.5) is 0 Å². The van der Waals surface area contributed by atoms with E-state index in [1.54, 1.807) is 30.3 Å². The highest BCUT2D eigenvalue weighted by molar-refractivity contribution is 9.10. The topological polar surface area (TPSA) is 84.1 Å². The van der Waals surface area contributed by atoms with Crippen LogP contribution in [-0.2, 0) is 4.79 Å². The molecule has 0 fully saturated rings. The van der Waals surface area contributed by atoms with Crippen LogP contribution in [0.1, 0.15) is 31.0 Å². The Morgan fingerprint density at radius 1 is 1.14 bits per heavy atom. The molecule has 37 heavy (non-hydrogen) atoms. The second-order valence-corrected chi connectivity index (χ2v) is 10.0. The Morgan fingerprint density at radius 2 is 1.81 bits per heavy atom. The summed E-state index contributed by atoms with van der Waals surface area (Å²) in [6.07, 6.45) is 1.73. The van der Waals surface area contributed by atoms with Crippen LogP contribution in [0.3, 0.4) is 0 Å². The molecule has 0 bridgehead atoms. The zero-order valence-electron chi connectivity index (χ0n) is 20.3. The standard InChI is InChI=1S/C29H24BrN3O3S/c1-3-36-25-15-14-22(30)16-21(25)17-26-28(35)33(23-12-8-5-9-13-23)29(37-26)24(18-31)27(34)32-19(2)20-10-6-4-7-11-20/h4-17,19H,3H2,1-2H3,(H,32,34)/b26-17+,29-24+/t19-/m0/s1. The number of thiazole rings is 1. The quantitative estimate of drug-likeness (QED) is 0.354. The molecule has 0 radical (unpaired) electrons. The number of para-hydroxylation sites is 1. The van der Waals surface area contributed by atoms with Gasteiger partial charge in [0.25, 0.3) is 11.5 Å². The molecule has 1 aromatic heterocycles. The van der Waals surface area contributed by atoms with E-state index in [0.717, 1.165) is 21.4 Å². The Labute approximate surface area is 226 Å². The molecule has 1 heterocycles. The van der Waals surface area contributed by atoms with E-state index in [-0.39, 0.29) is 21.8 Å². The van der Waals surface area contributed by atoms with Gasteiger partial charge in [-0.3, -0.25) is 14.2 Å². The zero-order chi connectivity index (χ0) is 26.4. The number of hydrogen-bond acceptors (Lipinski definition) is 5. The van der Waals surface area contributed by atoms with Crippen LogP contribution in [0.25, 0.3) is 17.3 Å². The molecular formula is C29H24BrN3O3S. The number of aromatic nitrogens is 1. The third-order valence-corrected chi connectivity index (χ3v) is 7.18. The van der Waals surface area contributed by atoms with Gasteiger partial charge in [-0.2, -0.15) is 5.26 Å². The van der Waals surface area contributed by atoms with Crippen molar-refractivity contribution in [3.8, 4) is 17.5 Å².